The van der Waals surface area contributed by atoms with Gasteiger partial charge in [0.05, 0.1) is 0 Å². The molecule has 0 aliphatic heterocycles. The predicted molar refractivity (Wildman–Crippen MR) is 59.3 cm³/mol. The molecule has 0 nitrogen and oxygen atoms in total. The standard InChI is InChI=1S/C8H9ClS.C2H6/c1-6-5-7(9)3-4-8(6)10-2;1-2/h3-5H,1-2H3;1-2H3. The van der Waals surface area contributed by atoms with Gasteiger partial charge in [0, 0.05) is 9.92 Å². The first-order valence-corrected chi connectivity index (χ1v) is 5.64. The molecule has 0 N–H and O–H groups in total. The second kappa shape index (κ2) is 6.38. The molecule has 1 aromatic rings. The van der Waals surface area contributed by atoms with Gasteiger partial charge in [0.1, 0.15) is 0 Å². The lowest BCUT2D eigenvalue weighted by Gasteiger charge is -2.00. The van der Waals surface area contributed by atoms with Crippen molar-refractivity contribution in [3.63, 3.8) is 0 Å². The fourth-order valence-electron chi connectivity index (χ4n) is 0.842. The third-order valence-electron chi connectivity index (χ3n) is 1.36. The Morgan fingerprint density at radius 3 is 2.25 bits per heavy atom. The molecule has 1 aromatic carbocycles. The number of hydrogen-bond donors (Lipinski definition) is 0. The van der Waals surface area contributed by atoms with Crippen LogP contribution in [-0.4, -0.2) is 6.26 Å². The van der Waals surface area contributed by atoms with Crippen LogP contribution in [0.3, 0.4) is 0 Å². The molecule has 0 aliphatic rings. The zero-order valence-corrected chi connectivity index (χ0v) is 9.59. The van der Waals surface area contributed by atoms with Gasteiger partial charge in [-0.3, -0.25) is 0 Å². The van der Waals surface area contributed by atoms with Crippen molar-refractivity contribution in [1.82, 2.24) is 0 Å². The normalized spacial score (nSPS) is 8.75. The van der Waals surface area contributed by atoms with E-state index in [1.54, 1.807) is 11.8 Å². The highest BCUT2D eigenvalue weighted by Crippen LogP contribution is 2.22. The van der Waals surface area contributed by atoms with E-state index in [2.05, 4.69) is 13.2 Å². The Morgan fingerprint density at radius 2 is 1.83 bits per heavy atom. The van der Waals surface area contributed by atoms with Gasteiger partial charge < -0.3 is 0 Å². The molecule has 0 atom stereocenters. The molecule has 0 saturated carbocycles. The van der Waals surface area contributed by atoms with E-state index in [0.29, 0.717) is 0 Å². The van der Waals surface area contributed by atoms with Crippen LogP contribution < -0.4 is 0 Å². The molecule has 0 aliphatic carbocycles. The molecule has 0 amide bonds. The summed E-state index contributed by atoms with van der Waals surface area (Å²) >= 11 is 7.51. The maximum atomic E-state index is 5.76. The smallest absolute Gasteiger partial charge is 0.0409 e. The number of aryl methyl sites for hydroxylation is 1. The second-order valence-corrected chi connectivity index (χ2v) is 3.40. The van der Waals surface area contributed by atoms with Crippen LogP contribution in [-0.2, 0) is 0 Å². The van der Waals surface area contributed by atoms with Gasteiger partial charge in [-0.05, 0) is 36.9 Å². The van der Waals surface area contributed by atoms with E-state index in [1.807, 2.05) is 32.0 Å². The summed E-state index contributed by atoms with van der Waals surface area (Å²) in [5, 5.41) is 0.815. The maximum Gasteiger partial charge on any atom is 0.0409 e. The SMILES string of the molecule is CC.CSc1ccc(Cl)cc1C. The van der Waals surface area contributed by atoms with E-state index in [0.717, 1.165) is 5.02 Å². The van der Waals surface area contributed by atoms with Crippen molar-refractivity contribution in [1.29, 1.82) is 0 Å². The lowest BCUT2D eigenvalue weighted by molar-refractivity contribution is 1.31. The maximum absolute atomic E-state index is 5.76. The van der Waals surface area contributed by atoms with Crippen molar-refractivity contribution in [2.45, 2.75) is 25.7 Å². The number of rotatable bonds is 1. The Balaban J connectivity index is 0.000000561. The van der Waals surface area contributed by atoms with Gasteiger partial charge in [-0.25, -0.2) is 0 Å². The van der Waals surface area contributed by atoms with Gasteiger partial charge >= 0.3 is 0 Å². The molecule has 0 aromatic heterocycles. The van der Waals surface area contributed by atoms with E-state index in [9.17, 15) is 0 Å². The van der Waals surface area contributed by atoms with Gasteiger partial charge in [-0.2, -0.15) is 0 Å². The van der Waals surface area contributed by atoms with Crippen molar-refractivity contribution in [3.05, 3.63) is 28.8 Å². The zero-order valence-electron chi connectivity index (χ0n) is 8.02. The molecule has 1 rings (SSSR count). The third kappa shape index (κ3) is 3.51. The van der Waals surface area contributed by atoms with Crippen molar-refractivity contribution in [3.8, 4) is 0 Å². The minimum atomic E-state index is 0.815. The molecule has 0 saturated heterocycles. The van der Waals surface area contributed by atoms with Crippen molar-refractivity contribution in [2.24, 2.45) is 0 Å². The number of benzene rings is 1. The van der Waals surface area contributed by atoms with Gasteiger partial charge in [0.15, 0.2) is 0 Å². The van der Waals surface area contributed by atoms with Crippen molar-refractivity contribution < 1.29 is 0 Å². The molecule has 0 radical (unpaired) electrons. The summed E-state index contributed by atoms with van der Waals surface area (Å²) in [4.78, 5) is 1.30. The minimum Gasteiger partial charge on any atom is -0.129 e. The molecule has 0 spiro atoms. The summed E-state index contributed by atoms with van der Waals surface area (Å²) in [6, 6.07) is 5.94. The summed E-state index contributed by atoms with van der Waals surface area (Å²) in [7, 11) is 0. The first kappa shape index (κ1) is 11.9. The van der Waals surface area contributed by atoms with Crippen LogP contribution in [0.1, 0.15) is 19.4 Å². The van der Waals surface area contributed by atoms with Crippen LogP contribution in [0.2, 0.25) is 5.02 Å². The highest BCUT2D eigenvalue weighted by atomic mass is 35.5. The predicted octanol–water partition coefficient (Wildman–Crippen LogP) is 4.40. The van der Waals surface area contributed by atoms with Crippen molar-refractivity contribution in [2.75, 3.05) is 6.26 Å². The van der Waals surface area contributed by atoms with E-state index in [4.69, 9.17) is 11.6 Å². The van der Waals surface area contributed by atoms with Gasteiger partial charge in [-0.15, -0.1) is 11.8 Å². The molecule has 0 bridgehead atoms. The Kier molecular flexibility index (Phi) is 6.31. The van der Waals surface area contributed by atoms with Crippen LogP contribution in [0.15, 0.2) is 23.1 Å². The second-order valence-electron chi connectivity index (χ2n) is 2.11. The average Bonchev–Trinajstić information content (AvgIpc) is 2.08. The van der Waals surface area contributed by atoms with Crippen LogP contribution in [0.25, 0.3) is 0 Å². The first-order chi connectivity index (χ1) is 5.74. The summed E-state index contributed by atoms with van der Waals surface area (Å²) in [5.74, 6) is 0. The number of hydrogen-bond acceptors (Lipinski definition) is 1. The highest BCUT2D eigenvalue weighted by molar-refractivity contribution is 7.98. The first-order valence-electron chi connectivity index (χ1n) is 4.04. The van der Waals surface area contributed by atoms with Crippen LogP contribution in [0, 0.1) is 6.92 Å². The molecular weight excluding hydrogens is 188 g/mol. The Hall–Kier alpha value is -0.140. The highest BCUT2D eigenvalue weighted by Gasteiger charge is 1.95. The fraction of sp³-hybridized carbons (Fsp3) is 0.400. The average molecular weight is 203 g/mol. The Labute approximate surface area is 84.3 Å². The van der Waals surface area contributed by atoms with Gasteiger partial charge in [-0.1, -0.05) is 25.4 Å². The fourth-order valence-corrected chi connectivity index (χ4v) is 1.65. The molecule has 2 heteroatoms. The molecule has 12 heavy (non-hydrogen) atoms. The lowest BCUT2D eigenvalue weighted by Crippen LogP contribution is -1.76. The molecule has 0 heterocycles. The summed E-state index contributed by atoms with van der Waals surface area (Å²) in [6.07, 6.45) is 2.07. The third-order valence-corrected chi connectivity index (χ3v) is 2.49. The van der Waals surface area contributed by atoms with E-state index in [1.165, 1.54) is 10.5 Å². The quantitative estimate of drug-likeness (QED) is 0.609. The number of thioether (sulfide) groups is 1. The van der Waals surface area contributed by atoms with E-state index in [-0.39, 0.29) is 0 Å². The van der Waals surface area contributed by atoms with Crippen molar-refractivity contribution >= 4 is 23.4 Å². The van der Waals surface area contributed by atoms with Crippen LogP contribution in [0.5, 0.6) is 0 Å². The van der Waals surface area contributed by atoms with Gasteiger partial charge in [0.25, 0.3) is 0 Å². The summed E-state index contributed by atoms with van der Waals surface area (Å²) in [5.41, 5.74) is 1.25. The Bertz CT molecular complexity index is 233. The Morgan fingerprint density at radius 1 is 1.25 bits per heavy atom. The minimum absolute atomic E-state index is 0.815. The molecule has 68 valence electrons. The van der Waals surface area contributed by atoms with Crippen LogP contribution in [0.4, 0.5) is 0 Å². The topological polar surface area (TPSA) is 0 Å². The lowest BCUT2D eigenvalue weighted by atomic mass is 10.2. The molecule has 0 fully saturated rings. The van der Waals surface area contributed by atoms with E-state index < -0.39 is 0 Å². The number of halogens is 1. The molecular formula is C10H15ClS. The van der Waals surface area contributed by atoms with Gasteiger partial charge in [0.2, 0.25) is 0 Å². The summed E-state index contributed by atoms with van der Waals surface area (Å²) in [6.45, 7) is 6.07. The largest absolute Gasteiger partial charge is 0.129 e. The molecule has 0 unspecified atom stereocenters. The van der Waals surface area contributed by atoms with Crippen LogP contribution >= 0.6 is 23.4 Å². The monoisotopic (exact) mass is 202 g/mol. The zero-order chi connectivity index (χ0) is 9.56. The van der Waals surface area contributed by atoms with E-state index >= 15 is 0 Å². The summed E-state index contributed by atoms with van der Waals surface area (Å²) < 4.78 is 0.